The van der Waals surface area contributed by atoms with Gasteiger partial charge in [-0.2, -0.15) is 4.98 Å². The number of piperazine rings is 1. The number of hydrogen-bond donors (Lipinski definition) is 1. The average molecular weight is 327 g/mol. The lowest BCUT2D eigenvalue weighted by molar-refractivity contribution is 0.190. The van der Waals surface area contributed by atoms with E-state index in [9.17, 15) is 0 Å². The van der Waals surface area contributed by atoms with Crippen molar-refractivity contribution in [3.63, 3.8) is 0 Å². The van der Waals surface area contributed by atoms with Crippen molar-refractivity contribution in [3.05, 3.63) is 11.7 Å². The van der Waals surface area contributed by atoms with E-state index in [0.29, 0.717) is 5.92 Å². The molecule has 0 spiro atoms. The van der Waals surface area contributed by atoms with Crippen molar-refractivity contribution in [1.82, 2.24) is 20.4 Å². The minimum absolute atomic E-state index is 0. The number of hydrogen-bond acceptors (Lipinski definition) is 5. The SMILES string of the molecule is CN1CCNCC1c1noc(C2CC2C2CCCCC2)n1.Cl. The van der Waals surface area contributed by atoms with E-state index in [1.165, 1.54) is 38.5 Å². The molecular weight excluding hydrogens is 300 g/mol. The van der Waals surface area contributed by atoms with E-state index in [4.69, 9.17) is 9.51 Å². The number of nitrogens with one attached hydrogen (secondary N) is 1. The molecule has 0 bridgehead atoms. The molecule has 1 aromatic heterocycles. The molecular formula is C16H27ClN4O. The molecule has 22 heavy (non-hydrogen) atoms. The van der Waals surface area contributed by atoms with Crippen LogP contribution >= 0.6 is 12.4 Å². The number of rotatable bonds is 3. The van der Waals surface area contributed by atoms with Crippen molar-refractivity contribution in [2.75, 3.05) is 26.7 Å². The van der Waals surface area contributed by atoms with Crippen molar-refractivity contribution >= 4 is 12.4 Å². The van der Waals surface area contributed by atoms with Crippen molar-refractivity contribution in [1.29, 1.82) is 0 Å². The summed E-state index contributed by atoms with van der Waals surface area (Å²) in [6, 6.07) is 0.267. The van der Waals surface area contributed by atoms with Gasteiger partial charge in [-0.15, -0.1) is 12.4 Å². The highest BCUT2D eigenvalue weighted by Gasteiger charge is 2.47. The zero-order valence-corrected chi connectivity index (χ0v) is 14.1. The molecule has 3 aliphatic rings. The second-order valence-corrected chi connectivity index (χ2v) is 7.10. The van der Waals surface area contributed by atoms with Gasteiger partial charge in [0.2, 0.25) is 5.89 Å². The van der Waals surface area contributed by atoms with Crippen molar-refractivity contribution in [2.24, 2.45) is 11.8 Å². The Morgan fingerprint density at radius 1 is 1.23 bits per heavy atom. The van der Waals surface area contributed by atoms with E-state index < -0.39 is 0 Å². The number of nitrogens with zero attached hydrogens (tertiary/aromatic N) is 3. The molecule has 2 heterocycles. The third-order valence-corrected chi connectivity index (χ3v) is 5.68. The lowest BCUT2D eigenvalue weighted by Gasteiger charge is -2.30. The molecule has 1 saturated heterocycles. The Kier molecular flexibility index (Phi) is 5.05. The van der Waals surface area contributed by atoms with Gasteiger partial charge in [0, 0.05) is 25.6 Å². The van der Waals surface area contributed by atoms with Crippen LogP contribution in [-0.4, -0.2) is 41.7 Å². The van der Waals surface area contributed by atoms with Gasteiger partial charge in [-0.25, -0.2) is 0 Å². The van der Waals surface area contributed by atoms with E-state index in [-0.39, 0.29) is 18.4 Å². The molecule has 1 N–H and O–H groups in total. The Hall–Kier alpha value is -0.650. The summed E-state index contributed by atoms with van der Waals surface area (Å²) in [7, 11) is 2.14. The van der Waals surface area contributed by atoms with Gasteiger partial charge in [-0.05, 0) is 25.3 Å². The zero-order valence-electron chi connectivity index (χ0n) is 13.3. The Morgan fingerprint density at radius 3 is 2.82 bits per heavy atom. The second-order valence-electron chi connectivity index (χ2n) is 7.10. The summed E-state index contributed by atoms with van der Waals surface area (Å²) in [5, 5.41) is 7.68. The lowest BCUT2D eigenvalue weighted by Crippen LogP contribution is -2.44. The van der Waals surface area contributed by atoms with Crippen molar-refractivity contribution < 1.29 is 4.52 Å². The summed E-state index contributed by atoms with van der Waals surface area (Å²) in [6.45, 7) is 3.01. The van der Waals surface area contributed by atoms with Crippen LogP contribution in [0.25, 0.3) is 0 Å². The third-order valence-electron chi connectivity index (χ3n) is 5.68. The van der Waals surface area contributed by atoms with Gasteiger partial charge >= 0.3 is 0 Å². The van der Waals surface area contributed by atoms with Crippen LogP contribution in [0.1, 0.15) is 62.2 Å². The average Bonchev–Trinajstić information content (AvgIpc) is 3.18. The Balaban J connectivity index is 0.00000144. The molecule has 3 atom stereocenters. The minimum atomic E-state index is 0. The summed E-state index contributed by atoms with van der Waals surface area (Å²) < 4.78 is 5.60. The Bertz CT molecular complexity index is 488. The fourth-order valence-electron chi connectivity index (χ4n) is 4.21. The summed E-state index contributed by atoms with van der Waals surface area (Å²) >= 11 is 0. The largest absolute Gasteiger partial charge is 0.339 e. The Labute approximate surface area is 138 Å². The molecule has 0 amide bonds. The molecule has 2 aliphatic carbocycles. The summed E-state index contributed by atoms with van der Waals surface area (Å²) in [5.74, 6) is 4.06. The number of aromatic nitrogens is 2. The fraction of sp³-hybridized carbons (Fsp3) is 0.875. The van der Waals surface area contributed by atoms with E-state index in [0.717, 1.165) is 43.2 Å². The lowest BCUT2D eigenvalue weighted by atomic mass is 9.85. The van der Waals surface area contributed by atoms with Crippen LogP contribution < -0.4 is 5.32 Å². The highest BCUT2D eigenvalue weighted by molar-refractivity contribution is 5.85. The van der Waals surface area contributed by atoms with Crippen molar-refractivity contribution in [2.45, 2.75) is 50.5 Å². The van der Waals surface area contributed by atoms with Gasteiger partial charge in [0.15, 0.2) is 5.82 Å². The van der Waals surface area contributed by atoms with Crippen LogP contribution in [0.2, 0.25) is 0 Å². The molecule has 2 saturated carbocycles. The first-order chi connectivity index (χ1) is 10.3. The molecule has 4 rings (SSSR count). The van der Waals surface area contributed by atoms with E-state index in [1.807, 2.05) is 0 Å². The van der Waals surface area contributed by atoms with Crippen molar-refractivity contribution in [3.8, 4) is 0 Å². The summed E-state index contributed by atoms with van der Waals surface area (Å²) in [4.78, 5) is 7.05. The van der Waals surface area contributed by atoms with Crippen LogP contribution in [0.4, 0.5) is 0 Å². The van der Waals surface area contributed by atoms with Crippen LogP contribution in [-0.2, 0) is 0 Å². The van der Waals surface area contributed by atoms with Gasteiger partial charge in [0.1, 0.15) is 0 Å². The maximum Gasteiger partial charge on any atom is 0.230 e. The van der Waals surface area contributed by atoms with Gasteiger partial charge < -0.3 is 9.84 Å². The maximum absolute atomic E-state index is 5.60. The van der Waals surface area contributed by atoms with E-state index in [2.05, 4.69) is 22.4 Å². The zero-order chi connectivity index (χ0) is 14.2. The molecule has 0 radical (unpaired) electrons. The molecule has 0 aromatic carbocycles. The smallest absolute Gasteiger partial charge is 0.230 e. The quantitative estimate of drug-likeness (QED) is 0.925. The van der Waals surface area contributed by atoms with Crippen LogP contribution in [0.3, 0.4) is 0 Å². The predicted octanol–water partition coefficient (Wildman–Crippen LogP) is 2.75. The topological polar surface area (TPSA) is 54.2 Å². The molecule has 1 aromatic rings. The fourth-order valence-corrected chi connectivity index (χ4v) is 4.21. The monoisotopic (exact) mass is 326 g/mol. The summed E-state index contributed by atoms with van der Waals surface area (Å²) in [5.41, 5.74) is 0. The van der Waals surface area contributed by atoms with E-state index in [1.54, 1.807) is 0 Å². The highest BCUT2D eigenvalue weighted by atomic mass is 35.5. The molecule has 124 valence electrons. The van der Waals surface area contributed by atoms with Gasteiger partial charge in [0.25, 0.3) is 0 Å². The van der Waals surface area contributed by atoms with E-state index >= 15 is 0 Å². The highest BCUT2D eigenvalue weighted by Crippen LogP contribution is 2.54. The normalized spacial score (nSPS) is 33.4. The van der Waals surface area contributed by atoms with Crippen LogP contribution in [0.15, 0.2) is 4.52 Å². The number of halogens is 1. The van der Waals surface area contributed by atoms with Gasteiger partial charge in [-0.1, -0.05) is 37.3 Å². The summed E-state index contributed by atoms with van der Waals surface area (Å²) in [6.07, 6.45) is 8.36. The first-order valence-electron chi connectivity index (χ1n) is 8.57. The minimum Gasteiger partial charge on any atom is -0.339 e. The standard InChI is InChI=1S/C16H26N4O.ClH/c1-20-8-7-17-10-14(20)15-18-16(21-19-15)13-9-12(13)11-5-3-2-4-6-11;/h11-14,17H,2-10H2,1H3;1H. The first-order valence-corrected chi connectivity index (χ1v) is 8.57. The molecule has 1 aliphatic heterocycles. The third kappa shape index (κ3) is 3.17. The Morgan fingerprint density at radius 2 is 2.05 bits per heavy atom. The van der Waals surface area contributed by atoms with Crippen LogP contribution in [0.5, 0.6) is 0 Å². The van der Waals surface area contributed by atoms with Gasteiger partial charge in [-0.3, -0.25) is 4.90 Å². The van der Waals surface area contributed by atoms with Gasteiger partial charge in [0.05, 0.1) is 6.04 Å². The molecule has 6 heteroatoms. The maximum atomic E-state index is 5.60. The second kappa shape index (κ2) is 6.85. The number of likely N-dealkylation sites (N-methyl/N-ethyl adjacent to an activating group) is 1. The molecule has 3 unspecified atom stereocenters. The first kappa shape index (κ1) is 16.2. The van der Waals surface area contributed by atoms with Crippen LogP contribution in [0, 0.1) is 11.8 Å². The molecule has 5 nitrogen and oxygen atoms in total. The molecule has 3 fully saturated rings. The predicted molar refractivity (Wildman–Crippen MR) is 87.2 cm³/mol.